The lowest BCUT2D eigenvalue weighted by Crippen LogP contribution is -2.48. The number of nitrogens with two attached hydrogens (primary N) is 1. The number of nitrogens with zero attached hydrogens (tertiary/aromatic N) is 5. The fourth-order valence-electron chi connectivity index (χ4n) is 5.12. The van der Waals surface area contributed by atoms with E-state index in [1.165, 1.54) is 0 Å². The number of benzene rings is 1. The molecule has 2 fully saturated rings. The Labute approximate surface area is 198 Å². The fraction of sp³-hybridized carbons (Fsp3) is 0.480. The van der Waals surface area contributed by atoms with Crippen molar-refractivity contribution in [3.63, 3.8) is 0 Å². The molecule has 1 saturated heterocycles. The summed E-state index contributed by atoms with van der Waals surface area (Å²) in [4.78, 5) is 26.4. The third-order valence-electron chi connectivity index (χ3n) is 7.10. The third-order valence-corrected chi connectivity index (χ3v) is 7.10. The Hall–Kier alpha value is -3.20. The number of aromatic nitrogens is 3. The average Bonchev–Trinajstić information content (AvgIpc) is 3.36. The Morgan fingerprint density at radius 3 is 2.53 bits per heavy atom. The van der Waals surface area contributed by atoms with Crippen molar-refractivity contribution in [3.05, 3.63) is 46.6 Å². The van der Waals surface area contributed by atoms with Crippen LogP contribution in [0.25, 0.3) is 11.0 Å². The molecular formula is C25H32FN7O. The second-order valence-electron chi connectivity index (χ2n) is 9.59. The number of piperazine rings is 1. The number of nitrogen functional groups attached to an aromatic ring is 1. The van der Waals surface area contributed by atoms with Gasteiger partial charge in [-0.3, -0.25) is 14.3 Å². The lowest BCUT2D eigenvalue weighted by Gasteiger charge is -2.38. The molecule has 1 aliphatic carbocycles. The molecule has 0 spiro atoms. The first kappa shape index (κ1) is 22.6. The van der Waals surface area contributed by atoms with Gasteiger partial charge in [0, 0.05) is 55.5 Å². The number of pyridine rings is 1. The molecule has 0 unspecified atom stereocenters. The number of hydrogen-bond acceptors (Lipinski definition) is 7. The van der Waals surface area contributed by atoms with Gasteiger partial charge in [0.25, 0.3) is 5.56 Å². The zero-order valence-corrected chi connectivity index (χ0v) is 19.8. The van der Waals surface area contributed by atoms with E-state index in [9.17, 15) is 4.79 Å². The van der Waals surface area contributed by atoms with Crippen LogP contribution in [0.1, 0.15) is 45.6 Å². The van der Waals surface area contributed by atoms with Gasteiger partial charge in [0.1, 0.15) is 11.5 Å². The Morgan fingerprint density at radius 2 is 1.85 bits per heavy atom. The van der Waals surface area contributed by atoms with Crippen LogP contribution in [0.2, 0.25) is 0 Å². The van der Waals surface area contributed by atoms with Gasteiger partial charge in [-0.15, -0.1) is 0 Å². The van der Waals surface area contributed by atoms with E-state index >= 15 is 4.39 Å². The van der Waals surface area contributed by atoms with Crippen LogP contribution in [0.3, 0.4) is 0 Å². The summed E-state index contributed by atoms with van der Waals surface area (Å²) in [6.45, 7) is 8.09. The lowest BCUT2D eigenvalue weighted by atomic mass is 10.2. The molecule has 180 valence electrons. The molecule has 3 heterocycles. The third kappa shape index (κ3) is 4.32. The molecule has 2 aliphatic rings. The van der Waals surface area contributed by atoms with Crippen LogP contribution in [0.15, 0.2) is 35.3 Å². The highest BCUT2D eigenvalue weighted by Crippen LogP contribution is 2.31. The number of nitrogens with one attached hydrogen (secondary N) is 1. The van der Waals surface area contributed by atoms with E-state index in [1.807, 2.05) is 6.07 Å². The second-order valence-corrected chi connectivity index (χ2v) is 9.59. The molecule has 2 aromatic heterocycles. The molecule has 8 nitrogen and oxygen atoms in total. The maximum atomic E-state index is 15.0. The summed E-state index contributed by atoms with van der Waals surface area (Å²) in [5, 5.41) is 3.70. The van der Waals surface area contributed by atoms with E-state index in [1.54, 1.807) is 29.0 Å². The van der Waals surface area contributed by atoms with Gasteiger partial charge in [0.05, 0.1) is 11.4 Å². The van der Waals surface area contributed by atoms with Crippen LogP contribution in [-0.4, -0.2) is 51.7 Å². The van der Waals surface area contributed by atoms with Crippen LogP contribution >= 0.6 is 0 Å². The van der Waals surface area contributed by atoms with Gasteiger partial charge in [-0.2, -0.15) is 4.98 Å². The summed E-state index contributed by atoms with van der Waals surface area (Å²) in [7, 11) is 0. The monoisotopic (exact) mass is 465 g/mol. The molecular weight excluding hydrogens is 433 g/mol. The highest BCUT2D eigenvalue weighted by atomic mass is 19.1. The molecule has 3 aromatic rings. The van der Waals surface area contributed by atoms with E-state index in [0.717, 1.165) is 57.5 Å². The predicted molar refractivity (Wildman–Crippen MR) is 134 cm³/mol. The van der Waals surface area contributed by atoms with Crippen molar-refractivity contribution in [2.45, 2.75) is 51.6 Å². The zero-order chi connectivity index (χ0) is 23.8. The minimum atomic E-state index is -0.363. The zero-order valence-electron chi connectivity index (χ0n) is 19.8. The molecule has 5 rings (SSSR count). The smallest absolute Gasteiger partial charge is 0.275 e. The van der Waals surface area contributed by atoms with E-state index < -0.39 is 0 Å². The van der Waals surface area contributed by atoms with Gasteiger partial charge in [0.2, 0.25) is 5.95 Å². The molecule has 0 radical (unpaired) electrons. The SMILES string of the molecule is CC(C)N1CCN(c2ccc(Nc3ncc4cc(N)c(=O)n(C5CCCC5)c4n3)c(F)c2)CC1. The number of rotatable bonds is 5. The van der Waals surface area contributed by atoms with Crippen molar-refractivity contribution < 1.29 is 4.39 Å². The van der Waals surface area contributed by atoms with Crippen molar-refractivity contribution >= 4 is 34.0 Å². The molecule has 1 aliphatic heterocycles. The number of hydrogen-bond donors (Lipinski definition) is 2. The van der Waals surface area contributed by atoms with Gasteiger partial charge in [-0.25, -0.2) is 9.37 Å². The Morgan fingerprint density at radius 1 is 1.12 bits per heavy atom. The van der Waals surface area contributed by atoms with Crippen molar-refractivity contribution in [2.24, 2.45) is 0 Å². The molecule has 3 N–H and O–H groups in total. The van der Waals surface area contributed by atoms with Crippen LogP contribution < -0.4 is 21.5 Å². The van der Waals surface area contributed by atoms with Crippen LogP contribution in [-0.2, 0) is 0 Å². The standard InChI is InChI=1S/C25H32FN7O/c1-16(2)31-9-11-32(12-10-31)19-7-8-22(20(26)14-19)29-25-28-15-17-13-21(27)24(34)33(23(17)30-25)18-5-3-4-6-18/h7-8,13-16,18H,3-6,9-12,27H2,1-2H3,(H,28,29,30). The van der Waals surface area contributed by atoms with Crippen molar-refractivity contribution in [3.8, 4) is 0 Å². The van der Waals surface area contributed by atoms with E-state index in [0.29, 0.717) is 22.8 Å². The first-order valence-electron chi connectivity index (χ1n) is 12.1. The van der Waals surface area contributed by atoms with Crippen LogP contribution in [0.4, 0.5) is 27.4 Å². The summed E-state index contributed by atoms with van der Waals surface area (Å²) in [5.41, 5.74) is 7.65. The van der Waals surface area contributed by atoms with E-state index in [2.05, 4.69) is 38.9 Å². The first-order chi connectivity index (χ1) is 16.4. The molecule has 1 saturated carbocycles. The fourth-order valence-corrected chi connectivity index (χ4v) is 5.12. The summed E-state index contributed by atoms with van der Waals surface area (Å²) in [6.07, 6.45) is 5.63. The number of anilines is 4. The van der Waals surface area contributed by atoms with Crippen molar-refractivity contribution in [2.75, 3.05) is 42.1 Å². The molecule has 0 bridgehead atoms. The molecule has 34 heavy (non-hydrogen) atoms. The van der Waals surface area contributed by atoms with Crippen molar-refractivity contribution in [1.29, 1.82) is 0 Å². The molecule has 0 atom stereocenters. The van der Waals surface area contributed by atoms with Gasteiger partial charge >= 0.3 is 0 Å². The highest BCUT2D eigenvalue weighted by molar-refractivity contribution is 5.79. The second kappa shape index (κ2) is 9.21. The van der Waals surface area contributed by atoms with Gasteiger partial charge in [-0.05, 0) is 51.0 Å². The van der Waals surface area contributed by atoms with Gasteiger partial charge in [-0.1, -0.05) is 12.8 Å². The Balaban J connectivity index is 1.39. The van der Waals surface area contributed by atoms with Crippen molar-refractivity contribution in [1.82, 2.24) is 19.4 Å². The lowest BCUT2D eigenvalue weighted by molar-refractivity contribution is 0.209. The van der Waals surface area contributed by atoms with Gasteiger partial charge < -0.3 is 16.0 Å². The Kier molecular flexibility index (Phi) is 6.12. The summed E-state index contributed by atoms with van der Waals surface area (Å²) < 4.78 is 16.7. The average molecular weight is 466 g/mol. The van der Waals surface area contributed by atoms with E-state index in [-0.39, 0.29) is 29.1 Å². The Bertz CT molecular complexity index is 1240. The minimum absolute atomic E-state index is 0.0773. The van der Waals surface area contributed by atoms with Crippen LogP contribution in [0.5, 0.6) is 0 Å². The summed E-state index contributed by atoms with van der Waals surface area (Å²) in [6, 6.07) is 7.42. The molecule has 1 aromatic carbocycles. The quantitative estimate of drug-likeness (QED) is 0.590. The minimum Gasteiger partial charge on any atom is -0.394 e. The number of halogens is 1. The predicted octanol–water partition coefficient (Wildman–Crippen LogP) is 3.90. The summed E-state index contributed by atoms with van der Waals surface area (Å²) >= 11 is 0. The van der Waals surface area contributed by atoms with E-state index in [4.69, 9.17) is 5.73 Å². The maximum absolute atomic E-state index is 15.0. The van der Waals surface area contributed by atoms with Gasteiger partial charge in [0.15, 0.2) is 0 Å². The normalized spacial score (nSPS) is 17.7. The first-order valence-corrected chi connectivity index (χ1v) is 12.1. The summed E-state index contributed by atoms with van der Waals surface area (Å²) in [5.74, 6) is -0.112. The highest BCUT2D eigenvalue weighted by Gasteiger charge is 2.23. The topological polar surface area (TPSA) is 92.3 Å². The molecule has 0 amide bonds. The number of fused-ring (bicyclic) bond motifs is 1. The largest absolute Gasteiger partial charge is 0.394 e. The van der Waals surface area contributed by atoms with Crippen LogP contribution in [0, 0.1) is 5.82 Å². The maximum Gasteiger partial charge on any atom is 0.275 e. The molecule has 9 heteroatoms.